The molecule has 0 radical (unpaired) electrons. The maximum absolute atomic E-state index is 8.89. The summed E-state index contributed by atoms with van der Waals surface area (Å²) >= 11 is 0. The van der Waals surface area contributed by atoms with Crippen LogP contribution in [0, 0.1) is 0 Å². The van der Waals surface area contributed by atoms with Gasteiger partial charge in [-0.3, -0.25) is 0 Å². The zero-order chi connectivity index (χ0) is 7.11. The summed E-state index contributed by atoms with van der Waals surface area (Å²) in [5.41, 5.74) is 0. The molecule has 0 bridgehead atoms. The lowest BCUT2D eigenvalue weighted by Gasteiger charge is -1.77. The third-order valence-corrected chi connectivity index (χ3v) is 2.30. The molecule has 52 valence electrons. The number of carboxylic acid groups (broad SMARTS) is 1. The van der Waals surface area contributed by atoms with Gasteiger partial charge >= 0.3 is 0 Å². The zero-order valence-corrected chi connectivity index (χ0v) is 6.63. The van der Waals surface area contributed by atoms with Gasteiger partial charge in [0.05, 0.1) is 0 Å². The first-order valence-electron chi connectivity index (χ1n) is 2.34. The average molecular weight is 163 g/mol. The van der Waals surface area contributed by atoms with Crippen LogP contribution in [0.4, 0.5) is 0 Å². The predicted octanol–water partition coefficient (Wildman–Crippen LogP) is 0.651. The van der Waals surface area contributed by atoms with Gasteiger partial charge in [-0.1, -0.05) is 27.7 Å². The third-order valence-electron chi connectivity index (χ3n) is 0.384. The Morgan fingerprint density at radius 3 is 2.44 bits per heavy atom. The molecule has 2 nitrogen and oxygen atoms in total. The minimum absolute atomic E-state index is 0.972. The lowest BCUT2D eigenvalue weighted by atomic mass is 10.8. The van der Waals surface area contributed by atoms with Gasteiger partial charge in [0, 0.05) is 11.7 Å². The van der Waals surface area contributed by atoms with E-state index in [4.69, 9.17) is 9.90 Å². The highest BCUT2D eigenvalue weighted by Crippen LogP contribution is 2.27. The fourth-order valence-electron chi connectivity index (χ4n) is 0.196. The highest BCUT2D eigenvalue weighted by molar-refractivity contribution is 8.78. The van der Waals surface area contributed by atoms with Gasteiger partial charge in [-0.25, -0.2) is 0 Å². The molecular formula is C5H7O2S2-. The molecule has 0 N–H and O–H groups in total. The van der Waals surface area contributed by atoms with Gasteiger partial charge < -0.3 is 9.90 Å². The second-order valence-electron chi connectivity index (χ2n) is 1.24. The number of hydrogen-bond acceptors (Lipinski definition) is 4. The van der Waals surface area contributed by atoms with E-state index in [1.165, 1.54) is 5.75 Å². The number of aliphatic carboxylic acids is 1. The molecule has 0 amide bonds. The molecule has 0 aliphatic carbocycles. The molecule has 0 aromatic heterocycles. The van der Waals surface area contributed by atoms with E-state index in [0.717, 1.165) is 6.92 Å². The SMILES string of the molecule is C1=CSSC1.CC(=O)[O-]. The average Bonchev–Trinajstić information content (AvgIpc) is 2.11. The molecule has 1 aliphatic heterocycles. The Hall–Kier alpha value is -0.0900. The van der Waals surface area contributed by atoms with E-state index in [-0.39, 0.29) is 0 Å². The maximum atomic E-state index is 8.89. The molecule has 0 saturated heterocycles. The Kier molecular flexibility index (Phi) is 5.98. The normalized spacial score (nSPS) is 14.3. The van der Waals surface area contributed by atoms with Gasteiger partial charge in [0.15, 0.2) is 0 Å². The van der Waals surface area contributed by atoms with Crippen LogP contribution in [0.5, 0.6) is 0 Å². The van der Waals surface area contributed by atoms with Crippen LogP contribution >= 0.6 is 21.6 Å². The molecule has 1 rings (SSSR count). The number of hydrogen-bond donors (Lipinski definition) is 0. The van der Waals surface area contributed by atoms with Crippen LogP contribution in [0.15, 0.2) is 11.5 Å². The lowest BCUT2D eigenvalue weighted by Crippen LogP contribution is -2.16. The van der Waals surface area contributed by atoms with E-state index < -0.39 is 5.97 Å². The first-order chi connectivity index (χ1) is 4.23. The number of carbonyl (C=O) groups is 1. The van der Waals surface area contributed by atoms with Gasteiger partial charge in [-0.05, 0) is 12.3 Å². The molecule has 0 aromatic rings. The van der Waals surface area contributed by atoms with Crippen LogP contribution < -0.4 is 5.11 Å². The lowest BCUT2D eigenvalue weighted by molar-refractivity contribution is -0.302. The van der Waals surface area contributed by atoms with Gasteiger partial charge in [-0.15, -0.1) is 0 Å². The molecule has 1 heterocycles. The summed E-state index contributed by atoms with van der Waals surface area (Å²) in [6.45, 7) is 0.972. The minimum atomic E-state index is -1.08. The first-order valence-corrected chi connectivity index (χ1v) is 4.72. The standard InChI is InChI=1S/C3H4S2.C2H4O2/c1-2-4-5-3-1;1-2(3)4/h1-2H,3H2;1H3,(H,3,4)/p-1. The van der Waals surface area contributed by atoms with Gasteiger partial charge in [-0.2, -0.15) is 0 Å². The van der Waals surface area contributed by atoms with Crippen LogP contribution in [0.3, 0.4) is 0 Å². The topological polar surface area (TPSA) is 40.1 Å². The van der Waals surface area contributed by atoms with Crippen LogP contribution in [0.2, 0.25) is 0 Å². The molecule has 1 aliphatic rings. The quantitative estimate of drug-likeness (QED) is 0.492. The number of carbonyl (C=O) groups excluding carboxylic acids is 1. The van der Waals surface area contributed by atoms with Gasteiger partial charge in [0.1, 0.15) is 0 Å². The highest BCUT2D eigenvalue weighted by atomic mass is 33.1. The van der Waals surface area contributed by atoms with Gasteiger partial charge in [0.2, 0.25) is 0 Å². The largest absolute Gasteiger partial charge is 0.550 e. The van der Waals surface area contributed by atoms with Crippen molar-refractivity contribution in [3.05, 3.63) is 11.5 Å². The molecule has 0 fully saturated rings. The van der Waals surface area contributed by atoms with Crippen LogP contribution in [-0.4, -0.2) is 11.7 Å². The Bertz CT molecular complexity index is 102. The summed E-state index contributed by atoms with van der Waals surface area (Å²) in [5, 5.41) is 11.0. The van der Waals surface area contributed by atoms with Crippen molar-refractivity contribution >= 4 is 27.6 Å². The van der Waals surface area contributed by atoms with Crippen LogP contribution in [-0.2, 0) is 4.79 Å². The smallest absolute Gasteiger partial charge is 0.0383 e. The fraction of sp³-hybridized carbons (Fsp3) is 0.400. The summed E-state index contributed by atoms with van der Waals surface area (Å²) in [6, 6.07) is 0. The molecule has 0 saturated carbocycles. The Morgan fingerprint density at radius 2 is 2.33 bits per heavy atom. The summed E-state index contributed by atoms with van der Waals surface area (Å²) in [5.74, 6) is 0.116. The third kappa shape index (κ3) is 11.5. The number of rotatable bonds is 0. The summed E-state index contributed by atoms with van der Waals surface area (Å²) in [4.78, 5) is 8.89. The van der Waals surface area contributed by atoms with Crippen molar-refractivity contribution in [1.29, 1.82) is 0 Å². The van der Waals surface area contributed by atoms with E-state index in [9.17, 15) is 0 Å². The molecular weight excluding hydrogens is 156 g/mol. The van der Waals surface area contributed by atoms with E-state index in [1.54, 1.807) is 0 Å². The van der Waals surface area contributed by atoms with E-state index >= 15 is 0 Å². The molecule has 0 spiro atoms. The summed E-state index contributed by atoms with van der Waals surface area (Å²) in [7, 11) is 3.69. The minimum Gasteiger partial charge on any atom is -0.550 e. The van der Waals surface area contributed by atoms with Crippen molar-refractivity contribution in [3.8, 4) is 0 Å². The fourth-order valence-corrected chi connectivity index (χ4v) is 1.77. The van der Waals surface area contributed by atoms with Crippen molar-refractivity contribution in [2.75, 3.05) is 5.75 Å². The molecule has 0 unspecified atom stereocenters. The maximum Gasteiger partial charge on any atom is 0.0383 e. The Labute approximate surface area is 62.1 Å². The number of carboxylic acids is 1. The van der Waals surface area contributed by atoms with E-state index in [0.29, 0.717) is 0 Å². The molecule has 0 aromatic carbocycles. The first kappa shape index (κ1) is 8.91. The molecule has 9 heavy (non-hydrogen) atoms. The van der Waals surface area contributed by atoms with Crippen molar-refractivity contribution in [2.24, 2.45) is 0 Å². The Balaban J connectivity index is 0.000000148. The molecule has 4 heteroatoms. The predicted molar refractivity (Wildman–Crippen MR) is 39.9 cm³/mol. The highest BCUT2D eigenvalue weighted by Gasteiger charge is 1.85. The Morgan fingerprint density at radius 1 is 1.78 bits per heavy atom. The second kappa shape index (κ2) is 6.04. The van der Waals surface area contributed by atoms with Crippen molar-refractivity contribution in [1.82, 2.24) is 0 Å². The monoisotopic (exact) mass is 163 g/mol. The summed E-state index contributed by atoms with van der Waals surface area (Å²) in [6.07, 6.45) is 2.16. The zero-order valence-electron chi connectivity index (χ0n) is 4.99. The van der Waals surface area contributed by atoms with Crippen LogP contribution in [0.1, 0.15) is 6.92 Å². The molecule has 0 atom stereocenters. The second-order valence-corrected chi connectivity index (χ2v) is 3.56. The van der Waals surface area contributed by atoms with E-state index in [1.807, 2.05) is 21.6 Å². The van der Waals surface area contributed by atoms with Gasteiger partial charge in [0.25, 0.3) is 0 Å². The van der Waals surface area contributed by atoms with Crippen molar-refractivity contribution in [3.63, 3.8) is 0 Å². The van der Waals surface area contributed by atoms with Crippen LogP contribution in [0.25, 0.3) is 0 Å². The van der Waals surface area contributed by atoms with Crippen molar-refractivity contribution in [2.45, 2.75) is 6.92 Å². The summed E-state index contributed by atoms with van der Waals surface area (Å²) < 4.78 is 0. The van der Waals surface area contributed by atoms with E-state index in [2.05, 4.69) is 11.5 Å². The van der Waals surface area contributed by atoms with Crippen molar-refractivity contribution < 1.29 is 9.90 Å².